The van der Waals surface area contributed by atoms with Crippen molar-refractivity contribution in [2.75, 3.05) is 0 Å². The van der Waals surface area contributed by atoms with Crippen LogP contribution in [-0.2, 0) is 16.8 Å². The smallest absolute Gasteiger partial charge is 0.221 e. The fourth-order valence-electron chi connectivity index (χ4n) is 4.99. The van der Waals surface area contributed by atoms with Crippen LogP contribution in [0, 0.1) is 5.82 Å². The number of carbonyl (C=O) groups is 1. The van der Waals surface area contributed by atoms with Crippen LogP contribution in [0.1, 0.15) is 89.2 Å². The van der Waals surface area contributed by atoms with Crippen molar-refractivity contribution in [3.63, 3.8) is 0 Å². The zero-order valence-corrected chi connectivity index (χ0v) is 19.6. The molecule has 1 aliphatic rings. The summed E-state index contributed by atoms with van der Waals surface area (Å²) in [6, 6.07) is 12.9. The van der Waals surface area contributed by atoms with E-state index in [-0.39, 0.29) is 18.1 Å². The summed E-state index contributed by atoms with van der Waals surface area (Å²) in [6.45, 7) is 4.41. The number of nitrogens with zero attached hydrogens (tertiary/aromatic N) is 1. The highest BCUT2D eigenvalue weighted by molar-refractivity contribution is 5.86. The van der Waals surface area contributed by atoms with Crippen LogP contribution in [0.3, 0.4) is 0 Å². The molecule has 3 rings (SSSR count). The van der Waals surface area contributed by atoms with Crippen LogP contribution in [0.25, 0.3) is 5.57 Å². The number of amides is 1. The number of fused-ring (bicyclic) bond motifs is 1. The summed E-state index contributed by atoms with van der Waals surface area (Å²) in [6.07, 6.45) is 11.1. The van der Waals surface area contributed by atoms with Gasteiger partial charge in [-0.15, -0.1) is 0 Å². The molecule has 0 saturated heterocycles. The van der Waals surface area contributed by atoms with Crippen LogP contribution in [0.2, 0.25) is 0 Å². The summed E-state index contributed by atoms with van der Waals surface area (Å²) in [5.74, 6) is -0.609. The third-order valence-electron chi connectivity index (χ3n) is 6.61. The Hall–Kier alpha value is -2.49. The molecule has 1 heterocycles. The lowest BCUT2D eigenvalue weighted by atomic mass is 9.77. The van der Waals surface area contributed by atoms with Crippen molar-refractivity contribution in [3.8, 4) is 0 Å². The highest BCUT2D eigenvalue weighted by Crippen LogP contribution is 2.42. The topological polar surface area (TPSA) is 55.5 Å². The summed E-state index contributed by atoms with van der Waals surface area (Å²) in [5, 5.41) is 2.04. The Morgan fingerprint density at radius 1 is 0.938 bits per heavy atom. The van der Waals surface area contributed by atoms with E-state index in [9.17, 15) is 9.18 Å². The van der Waals surface area contributed by atoms with E-state index in [1.54, 1.807) is 0 Å². The molecule has 2 aromatic rings. The Morgan fingerprint density at radius 3 is 2.28 bits per heavy atom. The summed E-state index contributed by atoms with van der Waals surface area (Å²) in [7, 11) is 0. The first kappa shape index (κ1) is 24.2. The Kier molecular flexibility index (Phi) is 8.60. The average Bonchev–Trinajstić information content (AvgIpc) is 3.09. The predicted octanol–water partition coefficient (Wildman–Crippen LogP) is 5.47. The zero-order valence-electron chi connectivity index (χ0n) is 19.6. The largest absolute Gasteiger partial charge is 0.369 e. The molecule has 32 heavy (non-hydrogen) atoms. The number of aryl methyl sites for hydroxylation is 1. The molecule has 1 atom stereocenters. The van der Waals surface area contributed by atoms with Crippen molar-refractivity contribution in [2.24, 2.45) is 10.7 Å². The molecule has 0 bridgehead atoms. The predicted molar refractivity (Wildman–Crippen MR) is 129 cm³/mol. The van der Waals surface area contributed by atoms with Gasteiger partial charge >= 0.3 is 0 Å². The van der Waals surface area contributed by atoms with Crippen molar-refractivity contribution in [2.45, 2.75) is 90.0 Å². The monoisotopic (exact) mass is 436 g/mol. The number of hydrogen-bond donors (Lipinski definition) is 1. The second-order valence-corrected chi connectivity index (χ2v) is 9.03. The standard InChI is InChI=1S/C28H37FN2O/c1-3-5-7-9-12-21-13-11-14-25-27(21)24(20-26(30)32)28(31-25,19-10-8-6-4-2)22-15-17-23(29)18-16-22/h11,13-18H,3-10,12,19-20H2,1-2H3,(H2,30,32). The molecular formula is C28H37FN2O. The van der Waals surface area contributed by atoms with Crippen molar-refractivity contribution >= 4 is 11.5 Å². The Balaban J connectivity index is 2.14. The molecule has 0 aromatic heterocycles. The molecular weight excluding hydrogens is 399 g/mol. The van der Waals surface area contributed by atoms with Gasteiger partial charge < -0.3 is 5.73 Å². The fraction of sp³-hybridized carbons (Fsp3) is 0.500. The maximum absolute atomic E-state index is 13.8. The Bertz CT molecular complexity index is 1030. The first-order valence-electron chi connectivity index (χ1n) is 12.3. The van der Waals surface area contributed by atoms with Crippen LogP contribution in [-0.4, -0.2) is 5.91 Å². The molecule has 4 heteroatoms. The molecule has 0 saturated carbocycles. The van der Waals surface area contributed by atoms with E-state index < -0.39 is 5.54 Å². The number of primary amides is 1. The normalized spacial score (nSPS) is 17.3. The summed E-state index contributed by atoms with van der Waals surface area (Å²) in [4.78, 5) is 17.5. The lowest BCUT2D eigenvalue weighted by Gasteiger charge is -2.31. The number of hydrogen-bond acceptors (Lipinski definition) is 2. The van der Waals surface area contributed by atoms with Gasteiger partial charge in [0.25, 0.3) is 0 Å². The lowest BCUT2D eigenvalue weighted by Crippen LogP contribution is -2.32. The van der Waals surface area contributed by atoms with Crippen molar-refractivity contribution in [1.29, 1.82) is 0 Å². The number of carbonyl (C=O) groups excluding carboxylic acids is 1. The molecule has 2 aromatic carbocycles. The molecule has 1 aliphatic heterocycles. The molecule has 0 aliphatic carbocycles. The van der Waals surface area contributed by atoms with Crippen LogP contribution in [0.5, 0.6) is 0 Å². The molecule has 1 amide bonds. The maximum Gasteiger partial charge on any atom is 0.221 e. The van der Waals surface area contributed by atoms with Gasteiger partial charge in [0, 0.05) is 5.22 Å². The lowest BCUT2D eigenvalue weighted by molar-refractivity contribution is -0.117. The quantitative estimate of drug-likeness (QED) is 0.416. The van der Waals surface area contributed by atoms with E-state index in [0.717, 1.165) is 60.2 Å². The van der Waals surface area contributed by atoms with E-state index in [4.69, 9.17) is 10.7 Å². The molecule has 172 valence electrons. The number of unbranched alkanes of at least 4 members (excludes halogenated alkanes) is 6. The van der Waals surface area contributed by atoms with Gasteiger partial charge in [-0.2, -0.15) is 0 Å². The molecule has 0 spiro atoms. The number of nitrogens with two attached hydrogens (primary N) is 1. The van der Waals surface area contributed by atoms with E-state index in [0.29, 0.717) is 0 Å². The van der Waals surface area contributed by atoms with Gasteiger partial charge in [0.1, 0.15) is 11.4 Å². The van der Waals surface area contributed by atoms with Crippen LogP contribution < -0.4 is 16.3 Å². The second kappa shape index (κ2) is 11.4. The maximum atomic E-state index is 13.8. The molecule has 2 N–H and O–H groups in total. The molecule has 0 fully saturated rings. The van der Waals surface area contributed by atoms with Gasteiger partial charge in [-0.1, -0.05) is 83.1 Å². The fourth-order valence-corrected chi connectivity index (χ4v) is 4.99. The third kappa shape index (κ3) is 5.46. The van der Waals surface area contributed by atoms with Crippen LogP contribution in [0.15, 0.2) is 47.5 Å². The van der Waals surface area contributed by atoms with Gasteiger partial charge in [-0.25, -0.2) is 4.39 Å². The number of benzene rings is 2. The molecule has 3 nitrogen and oxygen atoms in total. The van der Waals surface area contributed by atoms with E-state index in [1.807, 2.05) is 18.2 Å². The molecule has 0 radical (unpaired) electrons. The van der Waals surface area contributed by atoms with Gasteiger partial charge in [-0.05, 0) is 54.2 Å². The summed E-state index contributed by atoms with van der Waals surface area (Å²) in [5.41, 5.74) is 8.29. The van der Waals surface area contributed by atoms with Gasteiger partial charge in [0.2, 0.25) is 5.91 Å². The Labute approximate surface area is 191 Å². The Morgan fingerprint density at radius 2 is 1.62 bits per heavy atom. The minimum atomic E-state index is -0.654. The first-order chi connectivity index (χ1) is 15.5. The van der Waals surface area contributed by atoms with Crippen LogP contribution in [0.4, 0.5) is 4.39 Å². The number of halogens is 1. The SMILES string of the molecule is CCCCCCc1cccc2c1=C(CC(N)=O)C(CCCCCC)(c1ccc(F)cc1)N=2. The van der Waals surface area contributed by atoms with Gasteiger partial charge in [0.05, 0.1) is 11.8 Å². The first-order valence-corrected chi connectivity index (χ1v) is 12.3. The van der Waals surface area contributed by atoms with Crippen molar-refractivity contribution < 1.29 is 9.18 Å². The van der Waals surface area contributed by atoms with E-state index >= 15 is 0 Å². The minimum absolute atomic E-state index is 0.174. The average molecular weight is 437 g/mol. The van der Waals surface area contributed by atoms with Crippen molar-refractivity contribution in [3.05, 3.63) is 70.0 Å². The van der Waals surface area contributed by atoms with Crippen LogP contribution >= 0.6 is 0 Å². The highest BCUT2D eigenvalue weighted by Gasteiger charge is 2.39. The minimum Gasteiger partial charge on any atom is -0.369 e. The summed E-state index contributed by atoms with van der Waals surface area (Å²) < 4.78 is 13.8. The van der Waals surface area contributed by atoms with Gasteiger partial charge in [0.15, 0.2) is 0 Å². The summed E-state index contributed by atoms with van der Waals surface area (Å²) >= 11 is 0. The van der Waals surface area contributed by atoms with Gasteiger partial charge in [-0.3, -0.25) is 9.79 Å². The van der Waals surface area contributed by atoms with Crippen molar-refractivity contribution in [1.82, 2.24) is 0 Å². The number of rotatable bonds is 13. The zero-order chi connectivity index (χ0) is 23.0. The van der Waals surface area contributed by atoms with E-state index in [1.165, 1.54) is 43.4 Å². The third-order valence-corrected chi connectivity index (χ3v) is 6.61. The second-order valence-electron chi connectivity index (χ2n) is 9.03. The van der Waals surface area contributed by atoms with E-state index in [2.05, 4.69) is 26.0 Å². The molecule has 1 unspecified atom stereocenters. The highest BCUT2D eigenvalue weighted by atomic mass is 19.1.